The quantitative estimate of drug-likeness (QED) is 0.0948. The number of esters is 1. The summed E-state index contributed by atoms with van der Waals surface area (Å²) in [6.45, 7) is 3.87. The molecule has 0 radical (unpaired) electrons. The van der Waals surface area contributed by atoms with Crippen LogP contribution in [-0.4, -0.2) is 39.1 Å². The number of allylic oxidation sites excluding steroid dienone is 1. The summed E-state index contributed by atoms with van der Waals surface area (Å²) in [5.74, 6) is 0.0515. The molecule has 14 heteroatoms. The van der Waals surface area contributed by atoms with Crippen LogP contribution in [0, 0.1) is 10.1 Å². The maximum atomic E-state index is 14.0. The summed E-state index contributed by atoms with van der Waals surface area (Å²) >= 11 is 5.76. The van der Waals surface area contributed by atoms with Gasteiger partial charge in [-0.2, -0.15) is 0 Å². The molecule has 0 fully saturated rings. The lowest BCUT2D eigenvalue weighted by Gasteiger charge is -2.26. The number of thiazole rings is 1. The van der Waals surface area contributed by atoms with E-state index >= 15 is 0 Å². The highest BCUT2D eigenvalue weighted by molar-refractivity contribution is 9.10. The molecule has 5 rings (SSSR count). The van der Waals surface area contributed by atoms with E-state index in [0.717, 1.165) is 29.5 Å². The van der Waals surface area contributed by atoms with Gasteiger partial charge < -0.3 is 9.47 Å². The van der Waals surface area contributed by atoms with Crippen molar-refractivity contribution < 1.29 is 19.2 Å². The van der Waals surface area contributed by atoms with E-state index in [4.69, 9.17) is 14.5 Å². The van der Waals surface area contributed by atoms with Gasteiger partial charge in [-0.15, -0.1) is 0 Å². The fourth-order valence-electron chi connectivity index (χ4n) is 4.73. The average Bonchev–Trinajstić information content (AvgIpc) is 3.31. The highest BCUT2D eigenvalue weighted by Gasteiger charge is 2.34. The van der Waals surface area contributed by atoms with Gasteiger partial charge in [-0.25, -0.2) is 19.8 Å². The number of carbonyl (C=O) groups is 1. The summed E-state index contributed by atoms with van der Waals surface area (Å²) in [6, 6.07) is 10.9. The molecule has 0 aliphatic carbocycles. The van der Waals surface area contributed by atoms with Crippen LogP contribution >= 0.6 is 39.0 Å². The lowest BCUT2D eigenvalue weighted by molar-refractivity contribution is -0.387. The van der Waals surface area contributed by atoms with Gasteiger partial charge in [-0.3, -0.25) is 19.5 Å². The average molecular weight is 697 g/mol. The van der Waals surface area contributed by atoms with Crippen LogP contribution in [-0.2, 0) is 9.53 Å². The second-order valence-electron chi connectivity index (χ2n) is 9.43. The Morgan fingerprint density at radius 2 is 1.98 bits per heavy atom. The minimum atomic E-state index is -0.810. The lowest BCUT2D eigenvalue weighted by Crippen LogP contribution is -2.40. The first-order chi connectivity index (χ1) is 21.2. The molecule has 3 heterocycles. The third-order valence-electron chi connectivity index (χ3n) is 6.60. The molecule has 0 N–H and O–H groups in total. The maximum Gasteiger partial charge on any atom is 0.338 e. The zero-order valence-corrected chi connectivity index (χ0v) is 27.1. The topological polar surface area (TPSA) is 139 Å². The number of hydrogen-bond donors (Lipinski definition) is 0. The van der Waals surface area contributed by atoms with E-state index < -0.39 is 16.9 Å². The normalized spacial score (nSPS) is 14.6. The van der Waals surface area contributed by atoms with Gasteiger partial charge >= 0.3 is 5.97 Å². The minimum Gasteiger partial charge on any atom is -0.496 e. The molecule has 0 saturated carbocycles. The highest BCUT2D eigenvalue weighted by Crippen LogP contribution is 2.36. The number of nitrogens with zero attached hydrogens (tertiary/aromatic N) is 5. The van der Waals surface area contributed by atoms with Crippen molar-refractivity contribution in [2.24, 2.45) is 4.99 Å². The zero-order chi connectivity index (χ0) is 31.4. The van der Waals surface area contributed by atoms with E-state index in [9.17, 15) is 19.7 Å². The zero-order valence-electron chi connectivity index (χ0n) is 23.9. The van der Waals surface area contributed by atoms with Crippen molar-refractivity contribution in [1.29, 1.82) is 0 Å². The molecule has 0 spiro atoms. The number of nitro benzene ring substituents is 1. The molecule has 2 aromatic carbocycles. The fourth-order valence-corrected chi connectivity index (χ4v) is 7.11. The molecule has 11 nitrogen and oxygen atoms in total. The Morgan fingerprint density at radius 3 is 2.64 bits per heavy atom. The maximum absolute atomic E-state index is 14.0. The number of carbonyl (C=O) groups excluding carboxylic acids is 1. The summed E-state index contributed by atoms with van der Waals surface area (Å²) in [5.41, 5.74) is 1.45. The van der Waals surface area contributed by atoms with Crippen molar-refractivity contribution in [2.45, 2.75) is 42.8 Å². The van der Waals surface area contributed by atoms with E-state index in [0.29, 0.717) is 58.4 Å². The predicted octanol–water partition coefficient (Wildman–Crippen LogP) is 5.20. The molecule has 44 heavy (non-hydrogen) atoms. The first-order valence-electron chi connectivity index (χ1n) is 13.5. The fraction of sp³-hybridized carbons (Fsp3) is 0.233. The second kappa shape index (κ2) is 13.7. The minimum absolute atomic E-state index is 0.139. The Hall–Kier alpha value is -4.14. The number of rotatable bonds is 10. The first kappa shape index (κ1) is 31.3. The monoisotopic (exact) mass is 695 g/mol. The number of ether oxygens (including phenoxy) is 2. The van der Waals surface area contributed by atoms with Crippen LogP contribution < -0.4 is 19.6 Å². The van der Waals surface area contributed by atoms with Crippen molar-refractivity contribution >= 4 is 56.8 Å². The number of aromatic nitrogens is 3. The number of hydrogen-bond acceptors (Lipinski definition) is 11. The van der Waals surface area contributed by atoms with Crippen molar-refractivity contribution in [3.63, 3.8) is 0 Å². The predicted molar refractivity (Wildman–Crippen MR) is 170 cm³/mol. The molecule has 1 aliphatic heterocycles. The molecule has 4 aromatic rings. The largest absolute Gasteiger partial charge is 0.496 e. The van der Waals surface area contributed by atoms with Gasteiger partial charge in [0.25, 0.3) is 11.2 Å². The van der Waals surface area contributed by atoms with Crippen molar-refractivity contribution in [2.75, 3.05) is 13.7 Å². The van der Waals surface area contributed by atoms with Crippen LogP contribution in [0.3, 0.4) is 0 Å². The Labute approximate surface area is 268 Å². The van der Waals surface area contributed by atoms with E-state index in [1.54, 1.807) is 62.8 Å². The van der Waals surface area contributed by atoms with Crippen LogP contribution in [0.15, 0.2) is 90.4 Å². The first-order valence-corrected chi connectivity index (χ1v) is 16.0. The number of methoxy groups -OCH3 is 1. The Balaban J connectivity index is 1.67. The molecule has 0 unspecified atom stereocenters. The Morgan fingerprint density at radius 1 is 1.20 bits per heavy atom. The van der Waals surface area contributed by atoms with Crippen LogP contribution in [0.2, 0.25) is 0 Å². The number of nitro groups is 1. The molecular weight excluding hydrogens is 670 g/mol. The Bertz CT molecular complexity index is 1960. The van der Waals surface area contributed by atoms with Gasteiger partial charge in [0, 0.05) is 18.5 Å². The standard InChI is InChI=1S/C30H26BrN5O6S2/c1-4-7-20-25(28(38)42-5-2)26(18-9-10-22(41-3)19(31)16-18)35-27(37)24(44-30(35)34-20)15-17-8-11-23(21(14-17)36(39)40)43-29-32-12-6-13-33-29/h6,8-16,26H,4-5,7H2,1-3H3/b24-15+/t26-/m0/s1. The third kappa shape index (κ3) is 6.37. The van der Waals surface area contributed by atoms with Crippen LogP contribution in [0.5, 0.6) is 5.75 Å². The summed E-state index contributed by atoms with van der Waals surface area (Å²) in [5, 5.41) is 12.3. The summed E-state index contributed by atoms with van der Waals surface area (Å²) in [6.07, 6.45) is 5.94. The molecule has 0 bridgehead atoms. The van der Waals surface area contributed by atoms with E-state index in [-0.39, 0.29) is 17.9 Å². The second-order valence-corrected chi connectivity index (χ2v) is 12.3. The molecule has 1 atom stereocenters. The van der Waals surface area contributed by atoms with Crippen LogP contribution in [0.1, 0.15) is 43.9 Å². The van der Waals surface area contributed by atoms with Crippen LogP contribution in [0.25, 0.3) is 6.08 Å². The van der Waals surface area contributed by atoms with Gasteiger partial charge in [0.05, 0.1) is 49.9 Å². The molecular formula is C30H26BrN5O6S2. The van der Waals surface area contributed by atoms with Gasteiger partial charge in [0.2, 0.25) is 0 Å². The van der Waals surface area contributed by atoms with Crippen molar-refractivity contribution in [3.8, 4) is 5.75 Å². The summed E-state index contributed by atoms with van der Waals surface area (Å²) in [4.78, 5) is 52.7. The molecule has 226 valence electrons. The molecule has 0 amide bonds. The lowest BCUT2D eigenvalue weighted by atomic mass is 9.94. The van der Waals surface area contributed by atoms with E-state index in [1.165, 1.54) is 10.6 Å². The molecule has 1 aliphatic rings. The summed E-state index contributed by atoms with van der Waals surface area (Å²) < 4.78 is 13.3. The summed E-state index contributed by atoms with van der Waals surface area (Å²) in [7, 11) is 1.55. The number of benzene rings is 2. The molecule has 2 aromatic heterocycles. The third-order valence-corrected chi connectivity index (χ3v) is 9.17. The van der Waals surface area contributed by atoms with Gasteiger partial charge in [0.15, 0.2) is 9.96 Å². The highest BCUT2D eigenvalue weighted by atomic mass is 79.9. The van der Waals surface area contributed by atoms with Gasteiger partial charge in [-0.1, -0.05) is 36.8 Å². The number of halogens is 1. The van der Waals surface area contributed by atoms with Crippen molar-refractivity contribution in [3.05, 3.63) is 112 Å². The van der Waals surface area contributed by atoms with Crippen LogP contribution in [0.4, 0.5) is 5.69 Å². The van der Waals surface area contributed by atoms with Gasteiger partial charge in [-0.05, 0) is 82.5 Å². The molecule has 0 saturated heterocycles. The van der Waals surface area contributed by atoms with E-state index in [2.05, 4.69) is 25.9 Å². The SMILES string of the molecule is CCCC1=C(C(=O)OCC)[C@H](c2ccc(OC)c(Br)c2)n2c(s/c(=C/c3ccc(Sc4ncccn4)c([N+](=O)[O-])c3)c2=O)=N1. The van der Waals surface area contributed by atoms with E-state index in [1.807, 2.05) is 13.0 Å². The van der Waals surface area contributed by atoms with Crippen molar-refractivity contribution in [1.82, 2.24) is 14.5 Å². The number of fused-ring (bicyclic) bond motifs is 1. The Kier molecular flexibility index (Phi) is 9.71. The smallest absolute Gasteiger partial charge is 0.338 e. The van der Waals surface area contributed by atoms with Gasteiger partial charge in [0.1, 0.15) is 5.75 Å².